The molecule has 1 unspecified atom stereocenters. The number of amides is 1. The number of fused-ring (bicyclic) bond motifs is 1. The van der Waals surface area contributed by atoms with Crippen molar-refractivity contribution in [2.24, 2.45) is 0 Å². The van der Waals surface area contributed by atoms with Crippen LogP contribution in [0, 0.1) is 13.8 Å². The van der Waals surface area contributed by atoms with Crippen LogP contribution in [-0.2, 0) is 0 Å². The third-order valence-corrected chi connectivity index (χ3v) is 5.01. The van der Waals surface area contributed by atoms with Crippen molar-refractivity contribution in [1.29, 1.82) is 0 Å². The van der Waals surface area contributed by atoms with E-state index in [0.717, 1.165) is 35.1 Å². The van der Waals surface area contributed by atoms with Crippen molar-refractivity contribution in [3.05, 3.63) is 46.9 Å². The first-order chi connectivity index (χ1) is 11.5. The molecule has 6 nitrogen and oxygen atoms in total. The van der Waals surface area contributed by atoms with Gasteiger partial charge in [-0.05, 0) is 38.0 Å². The van der Waals surface area contributed by atoms with Gasteiger partial charge in [-0.25, -0.2) is 0 Å². The van der Waals surface area contributed by atoms with Gasteiger partial charge < -0.3 is 15.6 Å². The normalized spacial score (nSPS) is 17.8. The van der Waals surface area contributed by atoms with Crippen LogP contribution in [0.5, 0.6) is 0 Å². The summed E-state index contributed by atoms with van der Waals surface area (Å²) in [6.07, 6.45) is 2.53. The van der Waals surface area contributed by atoms with Gasteiger partial charge in [0.25, 0.3) is 5.91 Å². The summed E-state index contributed by atoms with van der Waals surface area (Å²) in [5.41, 5.74) is 11.5. The number of rotatable bonds is 2. The molecule has 1 fully saturated rings. The van der Waals surface area contributed by atoms with E-state index in [0.29, 0.717) is 17.9 Å². The fourth-order valence-corrected chi connectivity index (χ4v) is 3.63. The molecular weight excluding hydrogens is 302 g/mol. The number of carbonyl (C=O) groups is 1. The molecule has 3 aromatic rings. The number of hydrogen-bond donors (Lipinski definition) is 3. The Bertz CT molecular complexity index is 923. The van der Waals surface area contributed by atoms with Crippen molar-refractivity contribution in [3.8, 4) is 0 Å². The van der Waals surface area contributed by atoms with Crippen molar-refractivity contribution in [3.63, 3.8) is 0 Å². The number of aromatic amines is 2. The standard InChI is InChI=1S/C18H21N5O/c1-10-3-4-15-13(7-10)11(2)16(21-15)18(24)23-6-5-12(9-23)17-14(19)8-20-22-17/h3-4,7-8,12,21H,5-6,9,19H2,1-2H3,(H,20,22). The molecule has 2 aromatic heterocycles. The molecule has 0 saturated carbocycles. The lowest BCUT2D eigenvalue weighted by Crippen LogP contribution is -2.29. The van der Waals surface area contributed by atoms with Crippen molar-refractivity contribution in [2.45, 2.75) is 26.2 Å². The minimum absolute atomic E-state index is 0.0574. The van der Waals surface area contributed by atoms with Crippen molar-refractivity contribution >= 4 is 22.5 Å². The molecule has 0 radical (unpaired) electrons. The molecular formula is C18H21N5O. The molecule has 1 aromatic carbocycles. The number of nitrogens with two attached hydrogens (primary N) is 1. The third kappa shape index (κ3) is 2.26. The Morgan fingerprint density at radius 3 is 2.96 bits per heavy atom. The number of aryl methyl sites for hydroxylation is 2. The topological polar surface area (TPSA) is 90.8 Å². The Morgan fingerprint density at radius 1 is 1.38 bits per heavy atom. The van der Waals surface area contributed by atoms with E-state index in [2.05, 4.69) is 34.2 Å². The lowest BCUT2D eigenvalue weighted by Gasteiger charge is -2.16. The zero-order chi connectivity index (χ0) is 16.8. The first-order valence-corrected chi connectivity index (χ1v) is 8.21. The van der Waals surface area contributed by atoms with E-state index in [1.807, 2.05) is 17.9 Å². The summed E-state index contributed by atoms with van der Waals surface area (Å²) < 4.78 is 0. The van der Waals surface area contributed by atoms with Gasteiger partial charge in [0.1, 0.15) is 5.69 Å². The smallest absolute Gasteiger partial charge is 0.270 e. The molecule has 1 saturated heterocycles. The highest BCUT2D eigenvalue weighted by Gasteiger charge is 2.31. The van der Waals surface area contributed by atoms with Crippen LogP contribution in [0.15, 0.2) is 24.4 Å². The molecule has 1 atom stereocenters. The van der Waals surface area contributed by atoms with Crippen molar-refractivity contribution < 1.29 is 4.79 Å². The van der Waals surface area contributed by atoms with E-state index in [-0.39, 0.29) is 11.8 Å². The summed E-state index contributed by atoms with van der Waals surface area (Å²) in [6, 6.07) is 6.21. The van der Waals surface area contributed by atoms with Gasteiger partial charge in [0.2, 0.25) is 0 Å². The van der Waals surface area contributed by atoms with E-state index >= 15 is 0 Å². The second-order valence-electron chi connectivity index (χ2n) is 6.65. The van der Waals surface area contributed by atoms with Gasteiger partial charge in [-0.15, -0.1) is 0 Å². The molecule has 124 valence electrons. The minimum atomic E-state index is 0.0574. The van der Waals surface area contributed by atoms with Crippen LogP contribution >= 0.6 is 0 Å². The monoisotopic (exact) mass is 323 g/mol. The number of nitrogen functional groups attached to an aromatic ring is 1. The summed E-state index contributed by atoms with van der Waals surface area (Å²) >= 11 is 0. The van der Waals surface area contributed by atoms with E-state index in [1.165, 1.54) is 5.56 Å². The molecule has 0 spiro atoms. The molecule has 1 aliphatic rings. The van der Waals surface area contributed by atoms with Crippen LogP contribution in [0.2, 0.25) is 0 Å². The van der Waals surface area contributed by atoms with Crippen LogP contribution in [0.4, 0.5) is 5.69 Å². The van der Waals surface area contributed by atoms with Crippen LogP contribution in [-0.4, -0.2) is 39.1 Å². The summed E-state index contributed by atoms with van der Waals surface area (Å²) in [7, 11) is 0. The number of aromatic nitrogens is 3. The summed E-state index contributed by atoms with van der Waals surface area (Å²) in [6.45, 7) is 5.47. The Kier molecular flexibility index (Phi) is 3.33. The molecule has 4 rings (SSSR count). The molecule has 6 heteroatoms. The SMILES string of the molecule is Cc1ccc2[nH]c(C(=O)N3CCC(c4[nH]ncc4N)C3)c(C)c2c1. The number of benzene rings is 1. The lowest BCUT2D eigenvalue weighted by atomic mass is 10.0. The Labute approximate surface area is 140 Å². The van der Waals surface area contributed by atoms with Gasteiger partial charge in [0.05, 0.1) is 17.6 Å². The van der Waals surface area contributed by atoms with E-state index in [4.69, 9.17) is 5.73 Å². The first-order valence-electron chi connectivity index (χ1n) is 8.21. The zero-order valence-corrected chi connectivity index (χ0v) is 13.9. The number of carbonyl (C=O) groups excluding carboxylic acids is 1. The summed E-state index contributed by atoms with van der Waals surface area (Å²) in [5.74, 6) is 0.283. The molecule has 4 N–H and O–H groups in total. The average Bonchev–Trinajstić information content (AvgIpc) is 3.26. The maximum Gasteiger partial charge on any atom is 0.270 e. The number of nitrogens with zero attached hydrogens (tertiary/aromatic N) is 2. The molecule has 3 heterocycles. The molecule has 0 aliphatic carbocycles. The van der Waals surface area contributed by atoms with E-state index in [1.54, 1.807) is 6.20 Å². The van der Waals surface area contributed by atoms with Crippen LogP contribution in [0.3, 0.4) is 0 Å². The fraction of sp³-hybridized carbons (Fsp3) is 0.333. The lowest BCUT2D eigenvalue weighted by molar-refractivity contribution is 0.0785. The van der Waals surface area contributed by atoms with Gasteiger partial charge in [0, 0.05) is 29.9 Å². The molecule has 24 heavy (non-hydrogen) atoms. The fourth-order valence-electron chi connectivity index (χ4n) is 3.63. The largest absolute Gasteiger partial charge is 0.396 e. The van der Waals surface area contributed by atoms with Gasteiger partial charge in [0.15, 0.2) is 0 Å². The predicted molar refractivity (Wildman–Crippen MR) is 94.0 cm³/mol. The summed E-state index contributed by atoms with van der Waals surface area (Å²) in [4.78, 5) is 18.2. The van der Waals surface area contributed by atoms with Gasteiger partial charge in [-0.1, -0.05) is 11.6 Å². The van der Waals surface area contributed by atoms with Crippen molar-refractivity contribution in [2.75, 3.05) is 18.8 Å². The average molecular weight is 323 g/mol. The number of anilines is 1. The minimum Gasteiger partial charge on any atom is -0.396 e. The Morgan fingerprint density at radius 2 is 2.21 bits per heavy atom. The number of hydrogen-bond acceptors (Lipinski definition) is 3. The molecule has 1 amide bonds. The third-order valence-electron chi connectivity index (χ3n) is 5.01. The number of H-pyrrole nitrogens is 2. The highest BCUT2D eigenvalue weighted by Crippen LogP contribution is 2.31. The Hall–Kier alpha value is -2.76. The zero-order valence-electron chi connectivity index (χ0n) is 13.9. The van der Waals surface area contributed by atoms with Crippen LogP contribution in [0.1, 0.15) is 39.6 Å². The Balaban J connectivity index is 1.61. The van der Waals surface area contributed by atoms with E-state index in [9.17, 15) is 4.79 Å². The molecule has 1 aliphatic heterocycles. The second-order valence-corrected chi connectivity index (χ2v) is 6.65. The van der Waals surface area contributed by atoms with Crippen LogP contribution < -0.4 is 5.73 Å². The van der Waals surface area contributed by atoms with Gasteiger partial charge in [-0.2, -0.15) is 5.10 Å². The van der Waals surface area contributed by atoms with Gasteiger partial charge in [-0.3, -0.25) is 9.89 Å². The number of nitrogens with one attached hydrogen (secondary N) is 2. The predicted octanol–water partition coefficient (Wildman–Crippen LogP) is 2.72. The highest BCUT2D eigenvalue weighted by atomic mass is 16.2. The first kappa shape index (κ1) is 14.8. The maximum atomic E-state index is 13.0. The van der Waals surface area contributed by atoms with Crippen molar-refractivity contribution in [1.82, 2.24) is 20.1 Å². The second kappa shape index (κ2) is 5.40. The van der Waals surface area contributed by atoms with Gasteiger partial charge >= 0.3 is 0 Å². The maximum absolute atomic E-state index is 13.0. The van der Waals surface area contributed by atoms with E-state index < -0.39 is 0 Å². The highest BCUT2D eigenvalue weighted by molar-refractivity contribution is 6.01. The van der Waals surface area contributed by atoms with Crippen LogP contribution in [0.25, 0.3) is 10.9 Å². The summed E-state index contributed by atoms with van der Waals surface area (Å²) in [5, 5.41) is 8.07. The molecule has 0 bridgehead atoms. The number of likely N-dealkylation sites (tertiary alicyclic amines) is 1. The quantitative estimate of drug-likeness (QED) is 0.677.